The molecule has 0 spiro atoms. The molecule has 5 rings (SSSR count). The highest BCUT2D eigenvalue weighted by atomic mass is 19.4. The number of halogens is 6. The molecule has 3 heterocycles. The molecule has 0 bridgehead atoms. The largest absolute Gasteiger partial charge is 0.416 e. The van der Waals surface area contributed by atoms with Gasteiger partial charge in [0.25, 0.3) is 0 Å². The molecule has 37 heavy (non-hydrogen) atoms. The summed E-state index contributed by atoms with van der Waals surface area (Å²) < 4.78 is 100. The van der Waals surface area contributed by atoms with E-state index in [2.05, 4.69) is 0 Å². The first-order valence-electron chi connectivity index (χ1n) is 12.3. The van der Waals surface area contributed by atoms with E-state index in [0.29, 0.717) is 57.4 Å². The van der Waals surface area contributed by atoms with Gasteiger partial charge >= 0.3 is 12.4 Å². The van der Waals surface area contributed by atoms with Crippen molar-refractivity contribution in [2.75, 3.05) is 55.8 Å². The second-order valence-corrected chi connectivity index (χ2v) is 9.66. The maximum atomic E-state index is 14.1. The molecule has 2 aromatic carbocycles. The number of nitrogens with zero attached hydrogens (tertiary/aromatic N) is 2. The van der Waals surface area contributed by atoms with Crippen LogP contribution in [0.5, 0.6) is 0 Å². The summed E-state index contributed by atoms with van der Waals surface area (Å²) in [6.07, 6.45) is -10.1. The van der Waals surface area contributed by atoms with Crippen molar-refractivity contribution in [1.29, 1.82) is 0 Å². The molecule has 2 aromatic rings. The summed E-state index contributed by atoms with van der Waals surface area (Å²) in [5, 5.41) is 0. The van der Waals surface area contributed by atoms with Crippen molar-refractivity contribution < 1.29 is 40.6 Å². The molecular formula is C26H28F6N2O3. The second-order valence-electron chi connectivity index (χ2n) is 9.66. The average molecular weight is 531 g/mol. The first-order valence-corrected chi connectivity index (χ1v) is 12.3. The van der Waals surface area contributed by atoms with Crippen LogP contribution in [-0.2, 0) is 33.0 Å². The smallest absolute Gasteiger partial charge is 0.371 e. The van der Waals surface area contributed by atoms with Gasteiger partial charge in [-0.3, -0.25) is 0 Å². The molecule has 0 N–H and O–H groups in total. The van der Waals surface area contributed by atoms with Crippen molar-refractivity contribution in [3.05, 3.63) is 58.7 Å². The number of likely N-dealkylation sites (N-methyl/N-ethyl adjacent to an activating group) is 1. The minimum atomic E-state index is -4.73. The second kappa shape index (κ2) is 9.99. The lowest BCUT2D eigenvalue weighted by Crippen LogP contribution is -2.32. The van der Waals surface area contributed by atoms with Gasteiger partial charge in [0, 0.05) is 37.6 Å². The topological polar surface area (TPSA) is 44.1 Å². The van der Waals surface area contributed by atoms with Crippen LogP contribution in [0.1, 0.15) is 29.2 Å². The van der Waals surface area contributed by atoms with E-state index in [9.17, 15) is 26.3 Å². The van der Waals surface area contributed by atoms with Gasteiger partial charge in [-0.05, 0) is 48.7 Å². The highest BCUT2D eigenvalue weighted by molar-refractivity contribution is 5.56. The number of hydrogen-bond donors (Lipinski definition) is 0. The molecule has 3 fully saturated rings. The summed E-state index contributed by atoms with van der Waals surface area (Å²) in [6, 6.07) is 7.68. The van der Waals surface area contributed by atoms with Crippen molar-refractivity contribution in [3.63, 3.8) is 0 Å². The third-order valence-corrected chi connectivity index (χ3v) is 6.77. The van der Waals surface area contributed by atoms with Gasteiger partial charge in [0.2, 0.25) is 0 Å². The Morgan fingerprint density at radius 3 is 1.41 bits per heavy atom. The van der Waals surface area contributed by atoms with E-state index >= 15 is 0 Å². The van der Waals surface area contributed by atoms with Gasteiger partial charge in [0.1, 0.15) is 0 Å². The summed E-state index contributed by atoms with van der Waals surface area (Å²) >= 11 is 0. The van der Waals surface area contributed by atoms with Crippen molar-refractivity contribution in [3.8, 4) is 0 Å². The Bertz CT molecular complexity index is 1100. The van der Waals surface area contributed by atoms with Crippen molar-refractivity contribution in [1.82, 2.24) is 0 Å². The van der Waals surface area contributed by atoms with Crippen molar-refractivity contribution in [2.24, 2.45) is 0 Å². The standard InChI is InChI=1S/C26H28F6N2O3/c1-2-33(10-20-13-35-20)18-5-3-16(23(8-18)25(27,28)29)7-17-4-6-19(9-24(17)26(30,31)32)34(11-21-14-36-21)12-22-15-37-22/h3-6,8-9,20-22H,2,7,10-15H2,1H3. The van der Waals surface area contributed by atoms with E-state index in [0.717, 1.165) is 12.1 Å². The van der Waals surface area contributed by atoms with E-state index in [-0.39, 0.29) is 29.4 Å². The molecule has 3 saturated heterocycles. The molecule has 3 aliphatic rings. The van der Waals surface area contributed by atoms with Gasteiger partial charge in [-0.25, -0.2) is 0 Å². The Kier molecular flexibility index (Phi) is 7.06. The fourth-order valence-corrected chi connectivity index (χ4v) is 4.52. The fraction of sp³-hybridized carbons (Fsp3) is 0.538. The first-order chi connectivity index (χ1) is 17.5. The van der Waals surface area contributed by atoms with Gasteiger partial charge < -0.3 is 24.0 Å². The minimum Gasteiger partial charge on any atom is -0.371 e. The van der Waals surface area contributed by atoms with E-state index in [1.54, 1.807) is 9.80 Å². The highest BCUT2D eigenvalue weighted by Gasteiger charge is 2.38. The predicted molar refractivity (Wildman–Crippen MR) is 125 cm³/mol. The lowest BCUT2D eigenvalue weighted by Gasteiger charge is -2.26. The van der Waals surface area contributed by atoms with Gasteiger partial charge in [0.05, 0.1) is 49.3 Å². The molecule has 0 aliphatic carbocycles. The lowest BCUT2D eigenvalue weighted by atomic mass is 9.94. The van der Waals surface area contributed by atoms with Crippen LogP contribution in [0.4, 0.5) is 37.7 Å². The van der Waals surface area contributed by atoms with Crippen molar-refractivity contribution >= 4 is 11.4 Å². The molecule has 0 radical (unpaired) electrons. The summed E-state index contributed by atoms with van der Waals surface area (Å²) in [5.41, 5.74) is -1.59. The molecule has 5 nitrogen and oxygen atoms in total. The van der Waals surface area contributed by atoms with Crippen LogP contribution in [0.25, 0.3) is 0 Å². The van der Waals surface area contributed by atoms with Crippen LogP contribution in [0.2, 0.25) is 0 Å². The number of rotatable bonds is 11. The number of hydrogen-bond acceptors (Lipinski definition) is 5. The van der Waals surface area contributed by atoms with E-state index in [1.165, 1.54) is 24.3 Å². The number of benzene rings is 2. The van der Waals surface area contributed by atoms with Crippen molar-refractivity contribution in [2.45, 2.75) is 44.0 Å². The molecule has 3 aliphatic heterocycles. The summed E-state index contributed by atoms with van der Waals surface area (Å²) in [5.74, 6) is 0. The quantitative estimate of drug-likeness (QED) is 0.297. The van der Waals surface area contributed by atoms with Gasteiger partial charge in [-0.1, -0.05) is 12.1 Å². The molecule has 0 aromatic heterocycles. The summed E-state index contributed by atoms with van der Waals surface area (Å²) in [4.78, 5) is 3.56. The Morgan fingerprint density at radius 1 is 0.676 bits per heavy atom. The zero-order chi connectivity index (χ0) is 26.4. The van der Waals surface area contributed by atoms with Crippen LogP contribution >= 0.6 is 0 Å². The molecule has 3 atom stereocenters. The Morgan fingerprint density at radius 2 is 1.05 bits per heavy atom. The summed E-state index contributed by atoms with van der Waals surface area (Å²) in [6.45, 7) is 5.28. The monoisotopic (exact) mass is 530 g/mol. The maximum Gasteiger partial charge on any atom is 0.416 e. The van der Waals surface area contributed by atoms with Crippen LogP contribution in [-0.4, -0.2) is 64.3 Å². The molecule has 11 heteroatoms. The normalized spacial score (nSPS) is 22.6. The third-order valence-electron chi connectivity index (χ3n) is 6.77. The molecule has 3 unspecified atom stereocenters. The first kappa shape index (κ1) is 26.1. The van der Waals surface area contributed by atoms with Crippen LogP contribution in [0.15, 0.2) is 36.4 Å². The lowest BCUT2D eigenvalue weighted by molar-refractivity contribution is -0.138. The molecule has 202 valence electrons. The zero-order valence-electron chi connectivity index (χ0n) is 20.2. The maximum absolute atomic E-state index is 14.1. The summed E-state index contributed by atoms with van der Waals surface area (Å²) in [7, 11) is 0. The number of anilines is 2. The third kappa shape index (κ3) is 6.69. The van der Waals surface area contributed by atoms with Gasteiger partial charge in [0.15, 0.2) is 0 Å². The highest BCUT2D eigenvalue weighted by Crippen LogP contribution is 2.40. The van der Waals surface area contributed by atoms with Crippen LogP contribution in [0.3, 0.4) is 0 Å². The van der Waals surface area contributed by atoms with E-state index < -0.39 is 29.9 Å². The number of alkyl halides is 6. The fourth-order valence-electron chi connectivity index (χ4n) is 4.52. The average Bonchev–Trinajstić information content (AvgIpc) is 3.67. The molecule has 0 amide bonds. The Labute approximate surface area is 210 Å². The van der Waals surface area contributed by atoms with Gasteiger partial charge in [-0.15, -0.1) is 0 Å². The number of epoxide rings is 3. The Hall–Kier alpha value is -2.50. The molecule has 0 saturated carbocycles. The number of ether oxygens (including phenoxy) is 3. The van der Waals surface area contributed by atoms with Crippen LogP contribution in [0, 0.1) is 0 Å². The Balaban J connectivity index is 1.45. The van der Waals surface area contributed by atoms with Crippen LogP contribution < -0.4 is 9.80 Å². The predicted octanol–water partition coefficient (Wildman–Crippen LogP) is 5.14. The minimum absolute atomic E-state index is 0.0145. The molecular weight excluding hydrogens is 502 g/mol. The SMILES string of the molecule is CCN(CC1CO1)c1ccc(Cc2ccc(N(CC3CO3)CC3CO3)cc2C(F)(F)F)c(C(F)(F)F)c1. The zero-order valence-corrected chi connectivity index (χ0v) is 20.2. The van der Waals surface area contributed by atoms with E-state index in [1.807, 2.05) is 6.92 Å². The van der Waals surface area contributed by atoms with Gasteiger partial charge in [-0.2, -0.15) is 26.3 Å². The van der Waals surface area contributed by atoms with E-state index in [4.69, 9.17) is 14.2 Å².